The van der Waals surface area contributed by atoms with Crippen molar-refractivity contribution >= 4 is 37.4 Å². The fraction of sp³-hybridized carbons (Fsp3) is 0.455. The number of amides is 2. The zero-order chi connectivity index (χ0) is 23.3. The van der Waals surface area contributed by atoms with Gasteiger partial charge in [-0.15, -0.1) is 0 Å². The van der Waals surface area contributed by atoms with E-state index in [1.54, 1.807) is 37.1 Å². The normalized spacial score (nSPS) is 17.1. The zero-order valence-corrected chi connectivity index (χ0v) is 20.6. The van der Waals surface area contributed by atoms with Gasteiger partial charge in [0.1, 0.15) is 23.8 Å². The summed E-state index contributed by atoms with van der Waals surface area (Å²) in [5, 5.41) is 12.4. The molecule has 1 aliphatic rings. The summed E-state index contributed by atoms with van der Waals surface area (Å²) in [6, 6.07) is 8.68. The van der Waals surface area contributed by atoms with E-state index in [0.717, 1.165) is 12.2 Å². The Morgan fingerprint density at radius 1 is 1.36 bits per heavy atom. The van der Waals surface area contributed by atoms with Gasteiger partial charge in [0, 0.05) is 44.0 Å². The predicted octanol–water partition coefficient (Wildman–Crippen LogP) is 4.89. The van der Waals surface area contributed by atoms with E-state index < -0.39 is 17.7 Å². The number of carbonyl (C=O) groups is 1. The fourth-order valence-corrected chi connectivity index (χ4v) is 4.11. The molecule has 1 fully saturated rings. The van der Waals surface area contributed by atoms with Gasteiger partial charge in [0.25, 0.3) is 0 Å². The number of benzene rings is 1. The number of pyridine rings is 1. The summed E-state index contributed by atoms with van der Waals surface area (Å²) in [6.45, 7) is 3.91. The molecule has 33 heavy (non-hydrogen) atoms. The maximum Gasteiger partial charge on any atom is 0.321 e. The maximum absolute atomic E-state index is 15.5. The summed E-state index contributed by atoms with van der Waals surface area (Å²) in [5.41, 5.74) is 1.01. The first kappa shape index (κ1) is 27.2. The summed E-state index contributed by atoms with van der Waals surface area (Å²) >= 11 is 0.824. The molecule has 2 aromatic rings. The van der Waals surface area contributed by atoms with Gasteiger partial charge in [0.2, 0.25) is 0 Å². The van der Waals surface area contributed by atoms with Crippen LogP contribution in [0.4, 0.5) is 19.3 Å². The first-order chi connectivity index (χ1) is 15.2. The van der Waals surface area contributed by atoms with Crippen molar-refractivity contribution in [2.75, 3.05) is 25.5 Å². The van der Waals surface area contributed by atoms with Crippen molar-refractivity contribution in [3.05, 3.63) is 54.1 Å². The second kappa shape index (κ2) is 11.9. The number of alkyl halides is 1. The average molecular weight is 501 g/mol. The second-order valence-electron chi connectivity index (χ2n) is 7.97. The van der Waals surface area contributed by atoms with E-state index in [-0.39, 0.29) is 25.4 Å². The molecule has 3 rings (SSSR count). The molecule has 11 heteroatoms. The summed E-state index contributed by atoms with van der Waals surface area (Å²) in [6.07, 6.45) is 1.77. The van der Waals surface area contributed by atoms with Crippen LogP contribution in [0.3, 0.4) is 0 Å². The molecular weight excluding hydrogens is 470 g/mol. The highest BCUT2D eigenvalue weighted by Crippen LogP contribution is 2.37. The molecule has 0 saturated carbocycles. The van der Waals surface area contributed by atoms with Crippen LogP contribution in [-0.4, -0.2) is 51.3 Å². The Morgan fingerprint density at radius 2 is 2.06 bits per heavy atom. The predicted molar refractivity (Wildman–Crippen MR) is 130 cm³/mol. The van der Waals surface area contributed by atoms with Gasteiger partial charge in [-0.25, -0.2) is 13.6 Å². The molecule has 2 N–H and O–H groups in total. The molecular formula is C22H30F2N4O3S2. The van der Waals surface area contributed by atoms with Crippen LogP contribution in [0, 0.1) is 11.7 Å². The van der Waals surface area contributed by atoms with Crippen molar-refractivity contribution in [1.82, 2.24) is 14.2 Å². The van der Waals surface area contributed by atoms with E-state index >= 15 is 4.39 Å². The number of aromatic nitrogens is 1. The summed E-state index contributed by atoms with van der Waals surface area (Å²) in [7, 11) is 1.59. The van der Waals surface area contributed by atoms with Crippen LogP contribution in [0.1, 0.15) is 38.5 Å². The smallest absolute Gasteiger partial charge is 0.321 e. The first-order valence-electron chi connectivity index (χ1n) is 10.4. The highest BCUT2D eigenvalue weighted by atomic mass is 32.2. The van der Waals surface area contributed by atoms with E-state index in [4.69, 9.17) is 4.18 Å². The number of piperidine rings is 1. The number of carbonyl (C=O) groups excluding carboxylic acids is 1. The average Bonchev–Trinajstić information content (AvgIpc) is 2.77. The third-order valence-corrected chi connectivity index (χ3v) is 6.49. The zero-order valence-electron chi connectivity index (χ0n) is 18.8. The minimum atomic E-state index is -1.68. The number of halogens is 2. The summed E-state index contributed by atoms with van der Waals surface area (Å²) in [4.78, 5) is 18.3. The van der Waals surface area contributed by atoms with Gasteiger partial charge >= 0.3 is 6.03 Å². The molecule has 0 aliphatic carbocycles. The highest BCUT2D eigenvalue weighted by Gasteiger charge is 2.41. The largest absolute Gasteiger partial charge is 0.409 e. The van der Waals surface area contributed by atoms with Gasteiger partial charge in [-0.3, -0.25) is 4.98 Å². The topological polar surface area (TPSA) is 77.9 Å². The Balaban J connectivity index is 0.00000385. The van der Waals surface area contributed by atoms with Crippen LogP contribution in [0.25, 0.3) is 0 Å². The van der Waals surface area contributed by atoms with Crippen LogP contribution >= 0.6 is 25.7 Å². The summed E-state index contributed by atoms with van der Waals surface area (Å²) in [5.74, 6) is -2.10. The van der Waals surface area contributed by atoms with Gasteiger partial charge in [-0.05, 0) is 51.0 Å². The Morgan fingerprint density at radius 3 is 2.70 bits per heavy atom. The SMILES string of the molecule is CC(O)c1cc(NC(=O)N2CCC([C@](C)(F)N(C)SOc3cccc(F)c3)CC2)ccn1.S. The Bertz CT molecular complexity index is 928. The van der Waals surface area contributed by atoms with Crippen molar-refractivity contribution in [2.45, 2.75) is 38.6 Å². The Labute approximate surface area is 204 Å². The number of hydrogen-bond donors (Lipinski definition) is 2. The Hall–Kier alpha value is -2.08. The van der Waals surface area contributed by atoms with E-state index in [1.165, 1.54) is 35.6 Å². The number of anilines is 1. The van der Waals surface area contributed by atoms with Crippen molar-refractivity contribution in [1.29, 1.82) is 0 Å². The number of aliphatic hydroxyl groups is 1. The van der Waals surface area contributed by atoms with Crippen molar-refractivity contribution in [3.63, 3.8) is 0 Å². The number of nitrogens with zero attached hydrogens (tertiary/aromatic N) is 3. The minimum absolute atomic E-state index is 0. The molecule has 1 unspecified atom stereocenters. The van der Waals surface area contributed by atoms with E-state index in [9.17, 15) is 14.3 Å². The third kappa shape index (κ3) is 7.20. The molecule has 1 aromatic heterocycles. The quantitative estimate of drug-likeness (QED) is 0.320. The summed E-state index contributed by atoms with van der Waals surface area (Å²) < 4.78 is 35.7. The molecule has 182 valence electrons. The number of urea groups is 1. The van der Waals surface area contributed by atoms with Crippen LogP contribution in [-0.2, 0) is 0 Å². The highest BCUT2D eigenvalue weighted by molar-refractivity contribution is 7.92. The van der Waals surface area contributed by atoms with Gasteiger partial charge in [0.15, 0.2) is 5.79 Å². The van der Waals surface area contributed by atoms with E-state index in [0.29, 0.717) is 43.1 Å². The van der Waals surface area contributed by atoms with Crippen LogP contribution in [0.5, 0.6) is 5.75 Å². The molecule has 7 nitrogen and oxygen atoms in total. The molecule has 1 aromatic carbocycles. The third-order valence-electron chi connectivity index (χ3n) is 5.64. The van der Waals surface area contributed by atoms with Crippen LogP contribution in [0.2, 0.25) is 0 Å². The van der Waals surface area contributed by atoms with Gasteiger partial charge in [-0.1, -0.05) is 6.07 Å². The molecule has 0 spiro atoms. The first-order valence-corrected chi connectivity index (χ1v) is 11.1. The number of likely N-dealkylation sites (tertiary alicyclic amines) is 1. The van der Waals surface area contributed by atoms with Crippen LogP contribution in [0.15, 0.2) is 42.6 Å². The molecule has 2 atom stereocenters. The molecule has 0 radical (unpaired) electrons. The van der Waals surface area contributed by atoms with E-state index in [1.807, 2.05) is 0 Å². The monoisotopic (exact) mass is 500 g/mol. The molecule has 2 heterocycles. The molecule has 2 amide bonds. The Kier molecular flexibility index (Phi) is 9.77. The lowest BCUT2D eigenvalue weighted by atomic mass is 9.88. The molecule has 1 aliphatic heterocycles. The van der Waals surface area contributed by atoms with E-state index in [2.05, 4.69) is 10.3 Å². The molecule has 0 bridgehead atoms. The number of hydrogen-bond acceptors (Lipinski definition) is 6. The molecule has 1 saturated heterocycles. The van der Waals surface area contributed by atoms with Gasteiger partial charge in [-0.2, -0.15) is 17.8 Å². The van der Waals surface area contributed by atoms with Crippen LogP contribution < -0.4 is 9.50 Å². The van der Waals surface area contributed by atoms with Gasteiger partial charge in [0.05, 0.1) is 11.8 Å². The van der Waals surface area contributed by atoms with Crippen molar-refractivity contribution < 1.29 is 22.9 Å². The lowest BCUT2D eigenvalue weighted by Gasteiger charge is -2.41. The number of aliphatic hydroxyl groups excluding tert-OH is 1. The maximum atomic E-state index is 15.5. The second-order valence-corrected chi connectivity index (χ2v) is 8.84. The fourth-order valence-electron chi connectivity index (χ4n) is 3.51. The van der Waals surface area contributed by atoms with Gasteiger partial charge < -0.3 is 19.5 Å². The number of nitrogens with one attached hydrogen (secondary N) is 1. The van der Waals surface area contributed by atoms with Crippen molar-refractivity contribution in [3.8, 4) is 5.75 Å². The number of rotatable bonds is 7. The standard InChI is InChI=1S/C22H28F2N4O3S.H2S/c1-15(29)20-14-18(7-10-25-20)26-21(30)28-11-8-16(9-12-28)22(2,24)27(3)32-31-19-6-4-5-17(23)13-19;/h4-7,10,13-16,29H,8-9,11-12H2,1-3H3,(H,25,26,30);1H2/t15?,22-;/m1./s1. The lowest BCUT2D eigenvalue weighted by Crippen LogP contribution is -2.49. The minimum Gasteiger partial charge on any atom is -0.409 e. The van der Waals surface area contributed by atoms with Crippen molar-refractivity contribution in [2.24, 2.45) is 5.92 Å². The lowest BCUT2D eigenvalue weighted by molar-refractivity contribution is -0.0194.